The topological polar surface area (TPSA) is 17.1 Å². The summed E-state index contributed by atoms with van der Waals surface area (Å²) in [4.78, 5) is 0. The first-order valence-electron chi connectivity index (χ1n) is 2.98. The van der Waals surface area contributed by atoms with Crippen LogP contribution in [0.4, 0.5) is 0 Å². The molecule has 10 heavy (non-hydrogen) atoms. The number of hydrogen-bond donors (Lipinski definition) is 0. The van der Waals surface area contributed by atoms with Crippen LogP contribution < -0.4 is 0 Å². The van der Waals surface area contributed by atoms with E-state index in [0.717, 1.165) is 0 Å². The first-order chi connectivity index (χ1) is 4.73. The van der Waals surface area contributed by atoms with Gasteiger partial charge in [-0.05, 0) is 0 Å². The van der Waals surface area contributed by atoms with Crippen LogP contribution in [-0.2, 0) is 10.8 Å². The molecule has 1 heterocycles. The van der Waals surface area contributed by atoms with Crippen LogP contribution in [0.1, 0.15) is 0 Å². The van der Waals surface area contributed by atoms with E-state index in [9.17, 15) is 4.21 Å². The van der Waals surface area contributed by atoms with Gasteiger partial charge in [-0.3, -0.25) is 4.21 Å². The fourth-order valence-corrected chi connectivity index (χ4v) is 0.385. The third-order valence-corrected chi connectivity index (χ3v) is 0.667. The monoisotopic (exact) mass is 154 g/mol. The van der Waals surface area contributed by atoms with E-state index >= 15 is 0 Å². The number of hydrogen-bond acceptors (Lipinski definition) is 1. The molecular formula is C7H11BOS. The van der Waals surface area contributed by atoms with Gasteiger partial charge >= 0.3 is 37.0 Å². The zero-order valence-corrected chi connectivity index (χ0v) is 7.10. The minimum absolute atomic E-state index is 0.611. The van der Waals surface area contributed by atoms with Gasteiger partial charge < -0.3 is 0 Å². The van der Waals surface area contributed by atoms with Gasteiger partial charge in [-0.2, -0.15) is 0 Å². The Kier molecular flexibility index (Phi) is 6.39. The third-order valence-electron chi connectivity index (χ3n) is 0.667. The Bertz CT molecular complexity index is 146. The normalized spacial score (nSPS) is 7.90. The van der Waals surface area contributed by atoms with E-state index in [0.29, 0.717) is 0 Å². The molecular weight excluding hydrogens is 143 g/mol. The summed E-state index contributed by atoms with van der Waals surface area (Å²) in [7, 11) is -0.611. The van der Waals surface area contributed by atoms with Crippen molar-refractivity contribution >= 4 is 17.7 Å². The molecule has 1 rings (SSSR count). The van der Waals surface area contributed by atoms with Gasteiger partial charge in [0.1, 0.15) is 0 Å². The van der Waals surface area contributed by atoms with Crippen LogP contribution in [0, 0.1) is 0 Å². The SMILES string of the molecule is CS(C)=O.b1ccccc1. The second kappa shape index (κ2) is 6.68. The van der Waals surface area contributed by atoms with Crippen LogP contribution in [0.2, 0.25) is 0 Å². The fraction of sp³-hybridized carbons (Fsp3) is 0.286. The summed E-state index contributed by atoms with van der Waals surface area (Å²) in [5.74, 6) is 4.00. The Labute approximate surface area is 65.1 Å². The summed E-state index contributed by atoms with van der Waals surface area (Å²) >= 11 is 0. The van der Waals surface area contributed by atoms with Crippen molar-refractivity contribution in [3.05, 3.63) is 30.1 Å². The Morgan fingerprint density at radius 1 is 1.10 bits per heavy atom. The second-order valence-corrected chi connectivity index (χ2v) is 3.38. The summed E-state index contributed by atoms with van der Waals surface area (Å²) in [6.07, 6.45) is 3.28. The summed E-state index contributed by atoms with van der Waals surface area (Å²) in [6.45, 7) is 2.00. The molecule has 1 nitrogen and oxygen atoms in total. The van der Waals surface area contributed by atoms with Gasteiger partial charge in [0.25, 0.3) is 0 Å². The van der Waals surface area contributed by atoms with E-state index < -0.39 is 10.8 Å². The van der Waals surface area contributed by atoms with Crippen molar-refractivity contribution in [1.29, 1.82) is 0 Å². The van der Waals surface area contributed by atoms with Crippen molar-refractivity contribution < 1.29 is 4.21 Å². The maximum absolute atomic E-state index is 9.56. The molecule has 0 aromatic carbocycles. The molecule has 1 aromatic heterocycles. The van der Waals surface area contributed by atoms with E-state index in [4.69, 9.17) is 0 Å². The average molecular weight is 154 g/mol. The van der Waals surface area contributed by atoms with Crippen molar-refractivity contribution in [3.63, 3.8) is 0 Å². The van der Waals surface area contributed by atoms with Crippen LogP contribution in [0.5, 0.6) is 0 Å². The summed E-state index contributed by atoms with van der Waals surface area (Å²) < 4.78 is 9.56. The van der Waals surface area contributed by atoms with E-state index in [1.54, 1.807) is 12.5 Å². The van der Waals surface area contributed by atoms with Gasteiger partial charge in [0.2, 0.25) is 0 Å². The fourth-order valence-electron chi connectivity index (χ4n) is 0.385. The second-order valence-electron chi connectivity index (χ2n) is 1.90. The van der Waals surface area contributed by atoms with Gasteiger partial charge in [0.15, 0.2) is 0 Å². The molecule has 1 aromatic rings. The molecule has 0 unspecified atom stereocenters. The molecule has 0 aliphatic rings. The Morgan fingerprint density at radius 3 is 1.60 bits per heavy atom. The van der Waals surface area contributed by atoms with Crippen molar-refractivity contribution in [2.45, 2.75) is 0 Å². The zero-order chi connectivity index (χ0) is 7.82. The van der Waals surface area contributed by atoms with Crippen LogP contribution >= 0.6 is 0 Å². The maximum atomic E-state index is 9.56. The zero-order valence-electron chi connectivity index (χ0n) is 6.28. The van der Waals surface area contributed by atoms with E-state index in [-0.39, 0.29) is 0 Å². The van der Waals surface area contributed by atoms with Crippen molar-refractivity contribution in [2.24, 2.45) is 0 Å². The van der Waals surface area contributed by atoms with Crippen molar-refractivity contribution in [1.82, 2.24) is 0 Å². The molecule has 0 fully saturated rings. The van der Waals surface area contributed by atoms with Crippen LogP contribution in [-0.4, -0.2) is 23.6 Å². The van der Waals surface area contributed by atoms with Gasteiger partial charge in [-0.25, -0.2) is 0 Å². The molecule has 0 saturated heterocycles. The van der Waals surface area contributed by atoms with Crippen LogP contribution in [0.25, 0.3) is 0 Å². The van der Waals surface area contributed by atoms with Gasteiger partial charge in [0, 0.05) is 23.3 Å². The molecule has 0 aliphatic heterocycles. The molecule has 0 spiro atoms. The van der Waals surface area contributed by atoms with Crippen molar-refractivity contribution in [2.75, 3.05) is 12.5 Å². The van der Waals surface area contributed by atoms with Gasteiger partial charge in [-0.15, -0.1) is 0 Å². The predicted molar refractivity (Wildman–Crippen MR) is 47.8 cm³/mol. The Balaban J connectivity index is 0.000000180. The van der Waals surface area contributed by atoms with Gasteiger partial charge in [0.05, 0.1) is 0 Å². The first-order valence-corrected chi connectivity index (χ1v) is 4.95. The minimum atomic E-state index is -0.611. The predicted octanol–water partition coefficient (Wildman–Crippen LogP) is 1.02. The Hall–Kier alpha value is -0.435. The molecule has 0 atom stereocenters. The standard InChI is InChI=1S/C5H5B.C2H6OS/c1-2-4-6-5-3-1;1-4(2)3/h1-5H;1-2H3. The molecule has 54 valence electrons. The molecule has 0 N–H and O–H groups in total. The van der Waals surface area contributed by atoms with E-state index in [2.05, 4.69) is 0 Å². The summed E-state index contributed by atoms with van der Waals surface area (Å²) in [5, 5.41) is 0. The third kappa shape index (κ3) is 10.5. The van der Waals surface area contributed by atoms with E-state index in [1.807, 2.05) is 37.0 Å². The molecule has 0 bridgehead atoms. The molecule has 0 saturated carbocycles. The van der Waals surface area contributed by atoms with Crippen LogP contribution in [0.15, 0.2) is 30.1 Å². The van der Waals surface area contributed by atoms with Gasteiger partial charge in [-0.1, -0.05) is 0 Å². The average Bonchev–Trinajstić information content (AvgIpc) is 1.90. The molecule has 0 amide bonds. The number of rotatable bonds is 0. The molecule has 3 heteroatoms. The summed E-state index contributed by atoms with van der Waals surface area (Å²) in [6, 6.07) is 6.00. The molecule has 0 aliphatic carbocycles. The van der Waals surface area contributed by atoms with E-state index in [1.165, 1.54) is 0 Å². The quantitative estimate of drug-likeness (QED) is 0.545. The van der Waals surface area contributed by atoms with Crippen molar-refractivity contribution in [3.8, 4) is 0 Å². The first kappa shape index (κ1) is 9.56. The summed E-state index contributed by atoms with van der Waals surface area (Å²) in [5.41, 5.74) is 0. The Morgan fingerprint density at radius 2 is 1.50 bits per heavy atom. The molecule has 0 radical (unpaired) electrons. The van der Waals surface area contributed by atoms with Crippen LogP contribution in [0.3, 0.4) is 0 Å².